The highest BCUT2D eigenvalue weighted by Crippen LogP contribution is 2.19. The fourth-order valence-corrected chi connectivity index (χ4v) is 2.04. The molecule has 0 aliphatic heterocycles. The van der Waals surface area contributed by atoms with Crippen LogP contribution < -0.4 is 0 Å². The Balaban J connectivity index is 2.28. The van der Waals surface area contributed by atoms with E-state index in [-0.39, 0.29) is 0 Å². The van der Waals surface area contributed by atoms with Crippen LogP contribution in [0, 0.1) is 20.8 Å². The molecule has 15 heavy (non-hydrogen) atoms. The van der Waals surface area contributed by atoms with E-state index in [9.17, 15) is 0 Å². The Morgan fingerprint density at radius 1 is 1.27 bits per heavy atom. The molecule has 0 N–H and O–H groups in total. The third kappa shape index (κ3) is 2.02. The van der Waals surface area contributed by atoms with Crippen molar-refractivity contribution in [3.63, 3.8) is 0 Å². The summed E-state index contributed by atoms with van der Waals surface area (Å²) >= 11 is 3.31. The minimum Gasteiger partial charge on any atom is -0.452 e. The molecule has 2 aromatic heterocycles. The van der Waals surface area contributed by atoms with Crippen LogP contribution in [-0.2, 0) is 6.54 Å². The molecule has 2 aromatic rings. The van der Waals surface area contributed by atoms with E-state index in [1.165, 1.54) is 16.8 Å². The Labute approximate surface area is 98.0 Å². The molecule has 0 aromatic carbocycles. The third-order valence-corrected chi connectivity index (χ3v) is 3.30. The highest BCUT2D eigenvalue weighted by Gasteiger charge is 2.07. The number of hydrogen-bond donors (Lipinski definition) is 0. The zero-order valence-electron chi connectivity index (χ0n) is 9.17. The first-order valence-electron chi connectivity index (χ1n) is 4.95. The van der Waals surface area contributed by atoms with Crippen molar-refractivity contribution in [2.45, 2.75) is 27.3 Å². The normalized spacial score (nSPS) is 10.9. The molecule has 0 aliphatic rings. The zero-order valence-corrected chi connectivity index (χ0v) is 10.8. The molecule has 0 radical (unpaired) electrons. The summed E-state index contributed by atoms with van der Waals surface area (Å²) in [5.41, 5.74) is 4.00. The summed E-state index contributed by atoms with van der Waals surface area (Å²) < 4.78 is 8.49. The Hall–Kier alpha value is -0.960. The predicted octanol–water partition coefficient (Wildman–Crippen LogP) is 3.82. The summed E-state index contributed by atoms with van der Waals surface area (Å²) in [6.07, 6.45) is 2.17. The lowest BCUT2D eigenvalue weighted by Crippen LogP contribution is -1.99. The molecule has 0 atom stereocenters. The standard InChI is InChI=1S/C12H14BrNO/c1-8-6-14(10(3)9(8)2)7-11-4-5-12(13)15-11/h4-6H,7H2,1-3H3. The summed E-state index contributed by atoms with van der Waals surface area (Å²) in [5.74, 6) is 0.972. The number of aromatic nitrogens is 1. The van der Waals surface area contributed by atoms with Gasteiger partial charge in [0.05, 0.1) is 6.54 Å². The molecular formula is C12H14BrNO. The lowest BCUT2D eigenvalue weighted by Gasteiger charge is -2.03. The van der Waals surface area contributed by atoms with Crippen LogP contribution in [0.15, 0.2) is 27.4 Å². The third-order valence-electron chi connectivity index (χ3n) is 2.87. The van der Waals surface area contributed by atoms with Crippen LogP contribution in [0.1, 0.15) is 22.6 Å². The minimum atomic E-state index is 0.788. The number of nitrogens with zero attached hydrogens (tertiary/aromatic N) is 1. The highest BCUT2D eigenvalue weighted by molar-refractivity contribution is 9.10. The number of aryl methyl sites for hydroxylation is 1. The summed E-state index contributed by atoms with van der Waals surface area (Å²) in [7, 11) is 0. The monoisotopic (exact) mass is 267 g/mol. The van der Waals surface area contributed by atoms with Crippen LogP contribution in [0.5, 0.6) is 0 Å². The van der Waals surface area contributed by atoms with Crippen LogP contribution >= 0.6 is 15.9 Å². The molecule has 80 valence electrons. The van der Waals surface area contributed by atoms with E-state index in [0.717, 1.165) is 17.0 Å². The van der Waals surface area contributed by atoms with E-state index in [1.807, 2.05) is 12.1 Å². The van der Waals surface area contributed by atoms with Gasteiger partial charge in [-0.25, -0.2) is 0 Å². The number of rotatable bonds is 2. The van der Waals surface area contributed by atoms with Gasteiger partial charge in [-0.2, -0.15) is 0 Å². The number of furan rings is 1. The van der Waals surface area contributed by atoms with E-state index >= 15 is 0 Å². The number of hydrogen-bond acceptors (Lipinski definition) is 1. The first-order valence-corrected chi connectivity index (χ1v) is 5.74. The molecule has 0 unspecified atom stereocenters. The molecule has 0 amide bonds. The van der Waals surface area contributed by atoms with E-state index in [1.54, 1.807) is 0 Å². The first-order chi connectivity index (χ1) is 7.08. The fourth-order valence-electron chi connectivity index (χ4n) is 1.70. The van der Waals surface area contributed by atoms with Crippen LogP contribution in [0.4, 0.5) is 0 Å². The van der Waals surface area contributed by atoms with Gasteiger partial charge >= 0.3 is 0 Å². The number of halogens is 1. The maximum atomic E-state index is 5.49. The SMILES string of the molecule is Cc1cn(Cc2ccc(Br)o2)c(C)c1C. The predicted molar refractivity (Wildman–Crippen MR) is 64.2 cm³/mol. The molecule has 0 bridgehead atoms. The molecule has 0 spiro atoms. The van der Waals surface area contributed by atoms with Crippen molar-refractivity contribution in [3.8, 4) is 0 Å². The molecule has 2 rings (SSSR count). The van der Waals surface area contributed by atoms with Crippen LogP contribution in [0.3, 0.4) is 0 Å². The van der Waals surface area contributed by atoms with Crippen LogP contribution in [-0.4, -0.2) is 4.57 Å². The van der Waals surface area contributed by atoms with Crippen molar-refractivity contribution >= 4 is 15.9 Å². The summed E-state index contributed by atoms with van der Waals surface area (Å²) in [6, 6.07) is 3.92. The van der Waals surface area contributed by atoms with Gasteiger partial charge < -0.3 is 8.98 Å². The lowest BCUT2D eigenvalue weighted by atomic mass is 10.2. The van der Waals surface area contributed by atoms with Gasteiger partial charge in [-0.15, -0.1) is 0 Å². The second-order valence-electron chi connectivity index (χ2n) is 3.86. The summed E-state index contributed by atoms with van der Waals surface area (Å²) in [4.78, 5) is 0. The van der Waals surface area contributed by atoms with Crippen molar-refractivity contribution in [2.24, 2.45) is 0 Å². The molecule has 0 saturated carbocycles. The van der Waals surface area contributed by atoms with Gasteiger partial charge in [0.2, 0.25) is 0 Å². The molecular weight excluding hydrogens is 254 g/mol. The Bertz CT molecular complexity index is 482. The molecule has 2 heterocycles. The Morgan fingerprint density at radius 3 is 2.47 bits per heavy atom. The van der Waals surface area contributed by atoms with Crippen LogP contribution in [0.2, 0.25) is 0 Å². The Morgan fingerprint density at radius 2 is 2.00 bits per heavy atom. The Kier molecular flexibility index (Phi) is 2.74. The highest BCUT2D eigenvalue weighted by atomic mass is 79.9. The summed E-state index contributed by atoms with van der Waals surface area (Å²) in [5, 5.41) is 0. The largest absolute Gasteiger partial charge is 0.452 e. The van der Waals surface area contributed by atoms with E-state index in [4.69, 9.17) is 4.42 Å². The minimum absolute atomic E-state index is 0.788. The van der Waals surface area contributed by atoms with Gasteiger partial charge in [-0.1, -0.05) is 0 Å². The lowest BCUT2D eigenvalue weighted by molar-refractivity contribution is 0.472. The average Bonchev–Trinajstić information content (AvgIpc) is 2.68. The molecule has 0 saturated heterocycles. The quantitative estimate of drug-likeness (QED) is 0.809. The second-order valence-corrected chi connectivity index (χ2v) is 4.64. The zero-order chi connectivity index (χ0) is 11.0. The molecule has 3 heteroatoms. The van der Waals surface area contributed by atoms with E-state index in [2.05, 4.69) is 47.5 Å². The fraction of sp³-hybridized carbons (Fsp3) is 0.333. The smallest absolute Gasteiger partial charge is 0.169 e. The maximum Gasteiger partial charge on any atom is 0.169 e. The van der Waals surface area contributed by atoms with E-state index < -0.39 is 0 Å². The van der Waals surface area contributed by atoms with Crippen molar-refractivity contribution in [1.29, 1.82) is 0 Å². The van der Waals surface area contributed by atoms with E-state index in [0.29, 0.717) is 0 Å². The molecule has 2 nitrogen and oxygen atoms in total. The van der Waals surface area contributed by atoms with Gasteiger partial charge in [0.25, 0.3) is 0 Å². The maximum absolute atomic E-state index is 5.49. The van der Waals surface area contributed by atoms with Gasteiger partial charge in [0.15, 0.2) is 4.67 Å². The van der Waals surface area contributed by atoms with Crippen molar-refractivity contribution in [1.82, 2.24) is 4.57 Å². The van der Waals surface area contributed by atoms with Gasteiger partial charge in [-0.05, 0) is 60.0 Å². The topological polar surface area (TPSA) is 18.1 Å². The van der Waals surface area contributed by atoms with Gasteiger partial charge in [-0.3, -0.25) is 0 Å². The second kappa shape index (κ2) is 3.89. The molecule has 0 fully saturated rings. The molecule has 0 aliphatic carbocycles. The van der Waals surface area contributed by atoms with Crippen molar-refractivity contribution < 1.29 is 4.42 Å². The van der Waals surface area contributed by atoms with Gasteiger partial charge in [0.1, 0.15) is 5.76 Å². The average molecular weight is 268 g/mol. The first kappa shape index (κ1) is 10.6. The van der Waals surface area contributed by atoms with Crippen molar-refractivity contribution in [2.75, 3.05) is 0 Å². The summed E-state index contributed by atoms with van der Waals surface area (Å²) in [6.45, 7) is 7.22. The van der Waals surface area contributed by atoms with Crippen LogP contribution in [0.25, 0.3) is 0 Å². The van der Waals surface area contributed by atoms with Crippen molar-refractivity contribution in [3.05, 3.63) is 45.6 Å². The van der Waals surface area contributed by atoms with Gasteiger partial charge in [0, 0.05) is 11.9 Å².